The number of ether oxygens (including phenoxy) is 1. The van der Waals surface area contributed by atoms with E-state index in [1.165, 1.54) is 0 Å². The van der Waals surface area contributed by atoms with Crippen LogP contribution in [0.2, 0.25) is 0 Å². The number of rotatable bonds is 6. The number of amides is 4. The van der Waals surface area contributed by atoms with E-state index in [0.717, 1.165) is 22.2 Å². The Balaban J connectivity index is 1.20. The molecule has 4 amide bonds. The zero-order valence-electron chi connectivity index (χ0n) is 18.7. The van der Waals surface area contributed by atoms with Gasteiger partial charge < -0.3 is 20.7 Å². The lowest BCUT2D eigenvalue weighted by Crippen LogP contribution is -2.56. The first kappa shape index (κ1) is 21.8. The molecule has 5 rings (SSSR count). The number of carbonyl (C=O) groups is 3. The van der Waals surface area contributed by atoms with Crippen molar-refractivity contribution < 1.29 is 19.1 Å². The molecule has 3 heterocycles. The van der Waals surface area contributed by atoms with Gasteiger partial charge in [0, 0.05) is 47.8 Å². The fourth-order valence-electron chi connectivity index (χ4n) is 4.62. The fraction of sp³-hybridized carbons (Fsp3) is 0.280. The van der Waals surface area contributed by atoms with Gasteiger partial charge in [0.1, 0.15) is 17.9 Å². The average Bonchev–Trinajstić information content (AvgIpc) is 3.37. The molecule has 2 unspecified atom stereocenters. The number of imide groups is 1. The summed E-state index contributed by atoms with van der Waals surface area (Å²) in [4.78, 5) is 41.1. The lowest BCUT2D eigenvalue weighted by Gasteiger charge is -2.27. The molecule has 2 saturated heterocycles. The molecule has 2 fully saturated rings. The Labute approximate surface area is 196 Å². The Morgan fingerprint density at radius 3 is 2.74 bits per heavy atom. The molecule has 0 aliphatic carbocycles. The molecule has 0 bridgehead atoms. The summed E-state index contributed by atoms with van der Waals surface area (Å²) in [5.41, 5.74) is 2.38. The number of nitrogens with one attached hydrogen (secondary N) is 4. The van der Waals surface area contributed by atoms with Crippen LogP contribution < -0.4 is 26.0 Å². The van der Waals surface area contributed by atoms with Crippen molar-refractivity contribution in [1.82, 2.24) is 26.3 Å². The predicted molar refractivity (Wildman–Crippen MR) is 125 cm³/mol. The van der Waals surface area contributed by atoms with Gasteiger partial charge in [-0.2, -0.15) is 0 Å². The van der Waals surface area contributed by atoms with Crippen LogP contribution in [0.25, 0.3) is 10.9 Å². The van der Waals surface area contributed by atoms with Crippen molar-refractivity contribution in [2.75, 3.05) is 19.6 Å². The quantitative estimate of drug-likeness (QED) is 0.416. The number of benzene rings is 2. The molecular formula is C25H25N5O4. The third kappa shape index (κ3) is 4.06. The van der Waals surface area contributed by atoms with E-state index in [-0.39, 0.29) is 24.3 Å². The highest BCUT2D eigenvalue weighted by atomic mass is 16.5. The molecular weight excluding hydrogens is 434 g/mol. The van der Waals surface area contributed by atoms with Crippen molar-refractivity contribution >= 4 is 28.7 Å². The number of pyridine rings is 1. The molecule has 9 heteroatoms. The highest BCUT2D eigenvalue weighted by Crippen LogP contribution is 2.25. The summed E-state index contributed by atoms with van der Waals surface area (Å²) in [7, 11) is 0. The number of hydrogen-bond donors (Lipinski definition) is 4. The van der Waals surface area contributed by atoms with Crippen LogP contribution >= 0.6 is 0 Å². The number of hydrogen-bond acceptors (Lipinski definition) is 6. The normalized spacial score (nSPS) is 21.5. The van der Waals surface area contributed by atoms with Crippen LogP contribution in [-0.2, 0) is 11.4 Å². The maximum absolute atomic E-state index is 12.7. The highest BCUT2D eigenvalue weighted by molar-refractivity contribution is 6.07. The standard InChI is InChI=1S/C25H25N5O4/c1-15-10-17(20-4-2-3-5-21(20)28-15)13-34-19-8-6-16(7-9-19)22(31)27-12-18-11-26-14-25(18)23(32)29-24(33)30-25/h2-10,18,26H,11-14H2,1H3,(H,27,31)(H2,29,30,32,33). The second kappa shape index (κ2) is 8.75. The van der Waals surface area contributed by atoms with Gasteiger partial charge >= 0.3 is 6.03 Å². The predicted octanol–water partition coefficient (Wildman–Crippen LogP) is 1.65. The Bertz CT molecular complexity index is 1280. The summed E-state index contributed by atoms with van der Waals surface area (Å²) < 4.78 is 5.96. The van der Waals surface area contributed by atoms with Gasteiger partial charge in [-0.1, -0.05) is 18.2 Å². The van der Waals surface area contributed by atoms with Gasteiger partial charge in [-0.05, 0) is 43.3 Å². The number of aromatic nitrogens is 1. The van der Waals surface area contributed by atoms with Gasteiger partial charge in [-0.25, -0.2) is 4.79 Å². The molecule has 2 atom stereocenters. The zero-order chi connectivity index (χ0) is 23.7. The fourth-order valence-corrected chi connectivity index (χ4v) is 4.62. The van der Waals surface area contributed by atoms with Gasteiger partial charge in [0.05, 0.1) is 5.52 Å². The lowest BCUT2D eigenvalue weighted by atomic mass is 9.87. The molecule has 3 aromatic rings. The molecule has 4 N–H and O–H groups in total. The SMILES string of the molecule is Cc1cc(COc2ccc(C(=O)NCC3CNCC34NC(=O)NC4=O)cc2)c2ccccc2n1. The molecule has 9 nitrogen and oxygen atoms in total. The molecule has 2 aromatic carbocycles. The van der Waals surface area contributed by atoms with Crippen LogP contribution in [0.5, 0.6) is 5.75 Å². The van der Waals surface area contributed by atoms with E-state index in [4.69, 9.17) is 4.74 Å². The van der Waals surface area contributed by atoms with Crippen molar-refractivity contribution in [1.29, 1.82) is 0 Å². The summed E-state index contributed by atoms with van der Waals surface area (Å²) in [5, 5.41) is 12.0. The Morgan fingerprint density at radius 1 is 1.18 bits per heavy atom. The van der Waals surface area contributed by atoms with E-state index in [0.29, 0.717) is 31.0 Å². The molecule has 1 aromatic heterocycles. The van der Waals surface area contributed by atoms with Crippen LogP contribution in [-0.4, -0.2) is 48.0 Å². The lowest BCUT2D eigenvalue weighted by molar-refractivity contribution is -0.124. The summed E-state index contributed by atoms with van der Waals surface area (Å²) in [6.07, 6.45) is 0. The van der Waals surface area contributed by atoms with Crippen molar-refractivity contribution in [3.8, 4) is 5.75 Å². The first-order valence-electron chi connectivity index (χ1n) is 11.2. The monoisotopic (exact) mass is 459 g/mol. The topological polar surface area (TPSA) is 121 Å². The minimum absolute atomic E-state index is 0.246. The third-order valence-electron chi connectivity index (χ3n) is 6.41. The zero-order valence-corrected chi connectivity index (χ0v) is 18.7. The largest absolute Gasteiger partial charge is 0.489 e. The van der Waals surface area contributed by atoms with Crippen LogP contribution in [0.3, 0.4) is 0 Å². The minimum atomic E-state index is -1.02. The Kier molecular flexibility index (Phi) is 5.62. The molecule has 1 spiro atoms. The van der Waals surface area contributed by atoms with Crippen molar-refractivity contribution in [2.24, 2.45) is 5.92 Å². The van der Waals surface area contributed by atoms with Crippen LogP contribution in [0.1, 0.15) is 21.6 Å². The first-order chi connectivity index (χ1) is 16.4. The maximum atomic E-state index is 12.7. The highest BCUT2D eigenvalue weighted by Gasteiger charge is 2.54. The summed E-state index contributed by atoms with van der Waals surface area (Å²) >= 11 is 0. The number of aryl methyl sites for hydroxylation is 1. The number of carbonyl (C=O) groups excluding carboxylic acids is 3. The second-order valence-corrected chi connectivity index (χ2v) is 8.67. The molecule has 34 heavy (non-hydrogen) atoms. The van der Waals surface area contributed by atoms with E-state index in [1.54, 1.807) is 24.3 Å². The molecule has 174 valence electrons. The Hall–Kier alpha value is -3.98. The maximum Gasteiger partial charge on any atom is 0.322 e. The average molecular weight is 460 g/mol. The van der Waals surface area contributed by atoms with E-state index in [1.807, 2.05) is 37.3 Å². The Morgan fingerprint density at radius 2 is 1.97 bits per heavy atom. The van der Waals surface area contributed by atoms with E-state index < -0.39 is 11.6 Å². The summed E-state index contributed by atoms with van der Waals surface area (Å²) in [5.74, 6) is -0.210. The van der Waals surface area contributed by atoms with E-state index >= 15 is 0 Å². The van der Waals surface area contributed by atoms with Crippen LogP contribution in [0, 0.1) is 12.8 Å². The van der Waals surface area contributed by atoms with Crippen molar-refractivity contribution in [2.45, 2.75) is 19.1 Å². The smallest absolute Gasteiger partial charge is 0.322 e. The molecule has 0 saturated carbocycles. The number of nitrogens with zero attached hydrogens (tertiary/aromatic N) is 1. The summed E-state index contributed by atoms with van der Waals surface area (Å²) in [6, 6.07) is 16.4. The van der Waals surface area contributed by atoms with Gasteiger partial charge in [-0.15, -0.1) is 0 Å². The van der Waals surface area contributed by atoms with Gasteiger partial charge in [0.15, 0.2) is 0 Å². The number of fused-ring (bicyclic) bond motifs is 1. The van der Waals surface area contributed by atoms with E-state index in [9.17, 15) is 14.4 Å². The van der Waals surface area contributed by atoms with Gasteiger partial charge in [0.25, 0.3) is 11.8 Å². The van der Waals surface area contributed by atoms with Crippen LogP contribution in [0.15, 0.2) is 54.6 Å². The molecule has 2 aliphatic heterocycles. The second-order valence-electron chi connectivity index (χ2n) is 8.67. The summed E-state index contributed by atoms with van der Waals surface area (Å²) in [6.45, 7) is 3.46. The number of urea groups is 1. The molecule has 0 radical (unpaired) electrons. The minimum Gasteiger partial charge on any atom is -0.489 e. The molecule has 2 aliphatic rings. The third-order valence-corrected chi connectivity index (χ3v) is 6.41. The van der Waals surface area contributed by atoms with Crippen molar-refractivity contribution in [3.63, 3.8) is 0 Å². The number of para-hydroxylation sites is 1. The van der Waals surface area contributed by atoms with Gasteiger partial charge in [0.2, 0.25) is 0 Å². The first-order valence-corrected chi connectivity index (χ1v) is 11.2. The van der Waals surface area contributed by atoms with Gasteiger partial charge in [-0.3, -0.25) is 19.9 Å². The van der Waals surface area contributed by atoms with Crippen LogP contribution in [0.4, 0.5) is 4.79 Å². The van der Waals surface area contributed by atoms with Crippen molar-refractivity contribution in [3.05, 3.63) is 71.4 Å². The van der Waals surface area contributed by atoms with E-state index in [2.05, 4.69) is 26.3 Å².